The Balaban J connectivity index is 1.78. The number of methoxy groups -OCH3 is 1. The van der Waals surface area contributed by atoms with Crippen LogP contribution in [-0.2, 0) is 0 Å². The van der Waals surface area contributed by atoms with Crippen LogP contribution >= 0.6 is 11.3 Å². The van der Waals surface area contributed by atoms with E-state index in [1.807, 2.05) is 19.1 Å². The molecular formula is C21H26N4OS. The molecule has 3 heterocycles. The van der Waals surface area contributed by atoms with Gasteiger partial charge in [-0.3, -0.25) is 0 Å². The van der Waals surface area contributed by atoms with Crippen LogP contribution in [0.15, 0.2) is 29.6 Å². The maximum absolute atomic E-state index is 5.31. The highest BCUT2D eigenvalue weighted by molar-refractivity contribution is 7.17. The van der Waals surface area contributed by atoms with Crippen molar-refractivity contribution in [1.82, 2.24) is 14.9 Å². The highest BCUT2D eigenvalue weighted by atomic mass is 32.1. The zero-order chi connectivity index (χ0) is 19.0. The molecule has 4 rings (SSSR count). The van der Waals surface area contributed by atoms with Gasteiger partial charge in [-0.2, -0.15) is 0 Å². The first-order valence-electron chi connectivity index (χ1n) is 9.38. The van der Waals surface area contributed by atoms with Crippen molar-refractivity contribution < 1.29 is 4.74 Å². The number of nitrogens with zero attached hydrogens (tertiary/aromatic N) is 4. The third-order valence-corrected chi connectivity index (χ3v) is 6.37. The first kappa shape index (κ1) is 18.2. The van der Waals surface area contributed by atoms with E-state index in [-0.39, 0.29) is 0 Å². The number of piperidine rings is 1. The molecule has 1 aliphatic heterocycles. The van der Waals surface area contributed by atoms with Gasteiger partial charge in [0.15, 0.2) is 0 Å². The number of benzene rings is 1. The van der Waals surface area contributed by atoms with Gasteiger partial charge < -0.3 is 14.5 Å². The van der Waals surface area contributed by atoms with Crippen molar-refractivity contribution in [2.75, 3.05) is 39.2 Å². The second-order valence-corrected chi connectivity index (χ2v) is 8.16. The highest BCUT2D eigenvalue weighted by Gasteiger charge is 2.25. The molecule has 5 nitrogen and oxygen atoms in total. The van der Waals surface area contributed by atoms with Crippen molar-refractivity contribution in [1.29, 1.82) is 0 Å². The van der Waals surface area contributed by atoms with Crippen LogP contribution in [0.3, 0.4) is 0 Å². The van der Waals surface area contributed by atoms with E-state index in [0.29, 0.717) is 6.04 Å². The number of aryl methyl sites for hydroxylation is 1. The van der Waals surface area contributed by atoms with Crippen molar-refractivity contribution in [2.24, 2.45) is 0 Å². The molecule has 0 radical (unpaired) electrons. The van der Waals surface area contributed by atoms with E-state index in [9.17, 15) is 0 Å². The molecule has 0 amide bonds. The lowest BCUT2D eigenvalue weighted by Crippen LogP contribution is -2.42. The van der Waals surface area contributed by atoms with Crippen molar-refractivity contribution in [3.63, 3.8) is 0 Å². The first-order valence-corrected chi connectivity index (χ1v) is 10.3. The van der Waals surface area contributed by atoms with Crippen molar-refractivity contribution in [3.05, 3.63) is 35.5 Å². The Bertz CT molecular complexity index is 929. The largest absolute Gasteiger partial charge is 0.497 e. The smallest absolute Gasteiger partial charge is 0.141 e. The molecule has 1 saturated heterocycles. The van der Waals surface area contributed by atoms with Gasteiger partial charge in [0.2, 0.25) is 0 Å². The summed E-state index contributed by atoms with van der Waals surface area (Å²) in [5.74, 6) is 2.76. The monoisotopic (exact) mass is 382 g/mol. The molecule has 0 spiro atoms. The molecule has 1 aliphatic rings. The Kier molecular flexibility index (Phi) is 5.02. The minimum absolute atomic E-state index is 0.516. The molecule has 0 saturated carbocycles. The zero-order valence-corrected chi connectivity index (χ0v) is 17.2. The molecule has 6 heteroatoms. The Labute approximate surface area is 164 Å². The number of fused-ring (bicyclic) bond motifs is 1. The van der Waals surface area contributed by atoms with Crippen molar-refractivity contribution >= 4 is 27.4 Å². The van der Waals surface area contributed by atoms with Gasteiger partial charge in [-0.05, 0) is 57.6 Å². The number of thiophene rings is 1. The van der Waals surface area contributed by atoms with E-state index in [2.05, 4.69) is 41.4 Å². The average molecular weight is 383 g/mol. The van der Waals surface area contributed by atoms with E-state index in [1.165, 1.54) is 24.0 Å². The Morgan fingerprint density at radius 2 is 1.85 bits per heavy atom. The van der Waals surface area contributed by atoms with Gasteiger partial charge in [-0.1, -0.05) is 12.1 Å². The normalized spacial score (nSPS) is 16.0. The maximum atomic E-state index is 5.31. The molecule has 0 unspecified atom stereocenters. The fourth-order valence-corrected chi connectivity index (χ4v) is 4.81. The lowest BCUT2D eigenvalue weighted by atomic mass is 10.0. The van der Waals surface area contributed by atoms with Gasteiger partial charge in [0.05, 0.1) is 12.5 Å². The summed E-state index contributed by atoms with van der Waals surface area (Å²) in [6, 6.07) is 8.75. The topological polar surface area (TPSA) is 41.5 Å². The summed E-state index contributed by atoms with van der Waals surface area (Å²) in [6.07, 6.45) is 2.33. The summed E-state index contributed by atoms with van der Waals surface area (Å²) in [4.78, 5) is 15.4. The third-order valence-electron chi connectivity index (χ3n) is 5.50. The number of rotatable bonds is 4. The number of hydrogen-bond donors (Lipinski definition) is 0. The highest BCUT2D eigenvalue weighted by Crippen LogP contribution is 2.39. The minimum Gasteiger partial charge on any atom is -0.497 e. The first-order chi connectivity index (χ1) is 13.1. The summed E-state index contributed by atoms with van der Waals surface area (Å²) < 4.78 is 5.31. The quantitative estimate of drug-likeness (QED) is 0.676. The Morgan fingerprint density at radius 1 is 1.15 bits per heavy atom. The third kappa shape index (κ3) is 3.51. The van der Waals surface area contributed by atoms with E-state index in [4.69, 9.17) is 14.7 Å². The second kappa shape index (κ2) is 7.44. The van der Waals surface area contributed by atoms with Crippen LogP contribution in [0.1, 0.15) is 18.7 Å². The van der Waals surface area contributed by atoms with Crippen LogP contribution in [0.2, 0.25) is 0 Å². The fraction of sp³-hybridized carbons (Fsp3) is 0.429. The summed E-state index contributed by atoms with van der Waals surface area (Å²) in [6.45, 7) is 4.26. The molecule has 3 aromatic rings. The number of hydrogen-bond acceptors (Lipinski definition) is 6. The Hall–Kier alpha value is -2.18. The van der Waals surface area contributed by atoms with Gasteiger partial charge in [0, 0.05) is 24.0 Å². The number of ether oxygens (including phenoxy) is 1. The van der Waals surface area contributed by atoms with Crippen LogP contribution < -0.4 is 9.64 Å². The minimum atomic E-state index is 0.516. The van der Waals surface area contributed by atoms with Crippen molar-refractivity contribution in [3.8, 4) is 16.9 Å². The lowest BCUT2D eigenvalue weighted by molar-refractivity contribution is 0.252. The van der Waals surface area contributed by atoms with Gasteiger partial charge in [0.1, 0.15) is 22.2 Å². The number of aromatic nitrogens is 2. The molecule has 1 fully saturated rings. The summed E-state index contributed by atoms with van der Waals surface area (Å²) in [7, 11) is 6.08. The molecule has 0 N–H and O–H groups in total. The molecule has 0 atom stereocenters. The van der Waals surface area contributed by atoms with Crippen LogP contribution in [0.5, 0.6) is 5.75 Å². The van der Waals surface area contributed by atoms with Gasteiger partial charge in [-0.25, -0.2) is 9.97 Å². The van der Waals surface area contributed by atoms with Crippen LogP contribution in [0, 0.1) is 6.92 Å². The Morgan fingerprint density at radius 3 is 2.52 bits per heavy atom. The second-order valence-electron chi connectivity index (χ2n) is 7.30. The van der Waals surface area contributed by atoms with Crippen LogP contribution in [0.4, 0.5) is 5.82 Å². The fourth-order valence-electron chi connectivity index (χ4n) is 3.82. The lowest BCUT2D eigenvalue weighted by Gasteiger charge is -2.36. The summed E-state index contributed by atoms with van der Waals surface area (Å²) in [5, 5.41) is 3.37. The van der Waals surface area contributed by atoms with Gasteiger partial charge in [0.25, 0.3) is 0 Å². The zero-order valence-electron chi connectivity index (χ0n) is 16.4. The predicted molar refractivity (Wildman–Crippen MR) is 113 cm³/mol. The van der Waals surface area contributed by atoms with Crippen LogP contribution in [-0.4, -0.2) is 55.2 Å². The summed E-state index contributed by atoms with van der Waals surface area (Å²) >= 11 is 1.69. The maximum Gasteiger partial charge on any atom is 0.141 e. The van der Waals surface area contributed by atoms with Gasteiger partial charge in [-0.15, -0.1) is 11.3 Å². The molecule has 1 aromatic carbocycles. The molecule has 0 bridgehead atoms. The molecule has 0 aliphatic carbocycles. The molecular weight excluding hydrogens is 356 g/mol. The molecule has 27 heavy (non-hydrogen) atoms. The number of anilines is 1. The SMILES string of the molecule is COc1ccc(-c2csc3nc(C)nc(N(C)C4CCN(C)CC4)c23)cc1. The van der Waals surface area contributed by atoms with Gasteiger partial charge >= 0.3 is 0 Å². The summed E-state index contributed by atoms with van der Waals surface area (Å²) in [5.41, 5.74) is 2.37. The average Bonchev–Trinajstić information content (AvgIpc) is 3.11. The predicted octanol–water partition coefficient (Wildman–Crippen LogP) is 4.21. The van der Waals surface area contributed by atoms with Crippen molar-refractivity contribution in [2.45, 2.75) is 25.8 Å². The standard InChI is InChI=1S/C21H26N4OS/c1-14-22-20(25(3)16-9-11-24(2)12-10-16)19-18(13-27-21(19)23-14)15-5-7-17(26-4)8-6-15/h5-8,13,16H,9-12H2,1-4H3. The van der Waals surface area contributed by atoms with E-state index >= 15 is 0 Å². The van der Waals surface area contributed by atoms with Crippen LogP contribution in [0.25, 0.3) is 21.3 Å². The molecule has 2 aromatic heterocycles. The van der Waals surface area contributed by atoms with E-state index in [1.54, 1.807) is 18.4 Å². The molecule has 142 valence electrons. The van der Waals surface area contributed by atoms with E-state index in [0.717, 1.165) is 40.7 Å². The number of likely N-dealkylation sites (tertiary alicyclic amines) is 1. The van der Waals surface area contributed by atoms with E-state index < -0.39 is 0 Å².